The van der Waals surface area contributed by atoms with Gasteiger partial charge in [-0.1, -0.05) is 35.9 Å². The van der Waals surface area contributed by atoms with Crippen molar-refractivity contribution in [2.45, 2.75) is 26.8 Å². The maximum absolute atomic E-state index is 14.0. The smallest absolute Gasteiger partial charge is 0.227 e. The van der Waals surface area contributed by atoms with E-state index in [4.69, 9.17) is 11.6 Å². The molecule has 1 heterocycles. The van der Waals surface area contributed by atoms with Crippen LogP contribution < -0.4 is 0 Å². The fraction of sp³-hybridized carbons (Fsp3) is 0.238. The second-order valence-corrected chi connectivity index (χ2v) is 6.93. The van der Waals surface area contributed by atoms with Gasteiger partial charge in [-0.05, 0) is 38.1 Å². The maximum atomic E-state index is 14.0. The summed E-state index contributed by atoms with van der Waals surface area (Å²) in [5.41, 5.74) is 4.01. The Morgan fingerprint density at radius 2 is 1.81 bits per heavy atom. The topological polar surface area (TPSA) is 38.1 Å². The summed E-state index contributed by atoms with van der Waals surface area (Å²) in [6.45, 7) is 4.30. The van der Waals surface area contributed by atoms with Crippen LogP contribution in [0.25, 0.3) is 5.69 Å². The van der Waals surface area contributed by atoms with Gasteiger partial charge < -0.3 is 4.90 Å². The molecule has 0 spiro atoms. The molecule has 0 aliphatic rings. The molecule has 0 radical (unpaired) electrons. The number of halogens is 2. The Morgan fingerprint density at radius 3 is 2.48 bits per heavy atom. The van der Waals surface area contributed by atoms with E-state index in [1.807, 2.05) is 48.9 Å². The third-order valence-corrected chi connectivity index (χ3v) is 5.01. The first-order valence-corrected chi connectivity index (χ1v) is 9.03. The summed E-state index contributed by atoms with van der Waals surface area (Å²) in [7, 11) is 1.70. The van der Waals surface area contributed by atoms with Gasteiger partial charge in [0.1, 0.15) is 5.82 Å². The summed E-state index contributed by atoms with van der Waals surface area (Å²) in [4.78, 5) is 14.2. The number of carbonyl (C=O) groups is 1. The number of carbonyl (C=O) groups excluding carboxylic acids is 1. The third kappa shape index (κ3) is 4.03. The van der Waals surface area contributed by atoms with E-state index < -0.39 is 5.82 Å². The first-order valence-electron chi connectivity index (χ1n) is 8.66. The lowest BCUT2D eigenvalue weighted by Crippen LogP contribution is -2.28. The lowest BCUT2D eigenvalue weighted by atomic mass is 10.1. The van der Waals surface area contributed by atoms with Gasteiger partial charge in [0.2, 0.25) is 5.91 Å². The zero-order valence-electron chi connectivity index (χ0n) is 15.5. The summed E-state index contributed by atoms with van der Waals surface area (Å²) in [6, 6.07) is 14.3. The zero-order valence-corrected chi connectivity index (χ0v) is 16.3. The highest BCUT2D eigenvalue weighted by Gasteiger charge is 2.19. The van der Waals surface area contributed by atoms with Crippen molar-refractivity contribution in [1.29, 1.82) is 0 Å². The van der Waals surface area contributed by atoms with Crippen molar-refractivity contribution in [2.75, 3.05) is 7.05 Å². The summed E-state index contributed by atoms with van der Waals surface area (Å²) >= 11 is 6.04. The van der Waals surface area contributed by atoms with E-state index in [9.17, 15) is 9.18 Å². The Bertz CT molecular complexity index is 949. The number of likely N-dealkylation sites (N-methyl/N-ethyl adjacent to an activating group) is 1. The highest BCUT2D eigenvalue weighted by molar-refractivity contribution is 6.31. The van der Waals surface area contributed by atoms with E-state index in [0.29, 0.717) is 6.54 Å². The third-order valence-electron chi connectivity index (χ3n) is 4.65. The Balaban J connectivity index is 1.79. The average molecular weight is 386 g/mol. The molecule has 0 aliphatic carbocycles. The zero-order chi connectivity index (χ0) is 19.6. The van der Waals surface area contributed by atoms with E-state index in [2.05, 4.69) is 5.10 Å². The van der Waals surface area contributed by atoms with Crippen LogP contribution in [0.1, 0.15) is 22.5 Å². The molecule has 3 rings (SSSR count). The van der Waals surface area contributed by atoms with E-state index in [0.717, 1.165) is 22.6 Å². The Hall–Kier alpha value is -2.66. The number of hydrogen-bond acceptors (Lipinski definition) is 2. The van der Waals surface area contributed by atoms with Gasteiger partial charge in [0, 0.05) is 35.4 Å². The monoisotopic (exact) mass is 385 g/mol. The molecule has 2 aromatic carbocycles. The molecule has 0 saturated heterocycles. The van der Waals surface area contributed by atoms with Gasteiger partial charge >= 0.3 is 0 Å². The van der Waals surface area contributed by atoms with Gasteiger partial charge in [-0.25, -0.2) is 9.07 Å². The molecule has 4 nitrogen and oxygen atoms in total. The number of rotatable bonds is 5. The highest BCUT2D eigenvalue weighted by Crippen LogP contribution is 2.22. The summed E-state index contributed by atoms with van der Waals surface area (Å²) in [5, 5.41) is 4.87. The van der Waals surface area contributed by atoms with Crippen molar-refractivity contribution in [2.24, 2.45) is 0 Å². The van der Waals surface area contributed by atoms with Gasteiger partial charge in [0.15, 0.2) is 0 Å². The number of amides is 1. The minimum Gasteiger partial charge on any atom is -0.341 e. The highest BCUT2D eigenvalue weighted by atomic mass is 35.5. The minimum absolute atomic E-state index is 0.0765. The fourth-order valence-corrected chi connectivity index (χ4v) is 3.27. The van der Waals surface area contributed by atoms with Crippen molar-refractivity contribution in [3.05, 3.63) is 81.9 Å². The van der Waals surface area contributed by atoms with Crippen molar-refractivity contribution in [3.63, 3.8) is 0 Å². The standard InChI is InChI=1S/C21H21ClFN3O/c1-14-18(15(2)26(24-14)16-8-5-4-6-9-16)13-25(3)21(27)12-17-19(22)10-7-11-20(17)23/h4-11H,12-13H2,1-3H3. The summed E-state index contributed by atoms with van der Waals surface area (Å²) < 4.78 is 15.8. The number of aryl methyl sites for hydroxylation is 1. The minimum atomic E-state index is -0.464. The van der Waals surface area contributed by atoms with Gasteiger partial charge in [-0.3, -0.25) is 4.79 Å². The quantitative estimate of drug-likeness (QED) is 0.649. The number of nitrogens with zero attached hydrogens (tertiary/aromatic N) is 3. The van der Waals surface area contributed by atoms with Crippen molar-refractivity contribution in [1.82, 2.24) is 14.7 Å². The van der Waals surface area contributed by atoms with E-state index in [-0.39, 0.29) is 22.9 Å². The van der Waals surface area contributed by atoms with Crippen LogP contribution in [0.3, 0.4) is 0 Å². The number of para-hydroxylation sites is 1. The van der Waals surface area contributed by atoms with Crippen LogP contribution in [-0.4, -0.2) is 27.6 Å². The first kappa shape index (κ1) is 19.1. The van der Waals surface area contributed by atoms with Crippen molar-refractivity contribution >= 4 is 17.5 Å². The van der Waals surface area contributed by atoms with Crippen molar-refractivity contribution in [3.8, 4) is 5.69 Å². The maximum Gasteiger partial charge on any atom is 0.227 e. The van der Waals surface area contributed by atoms with Crippen LogP contribution in [0.2, 0.25) is 5.02 Å². The molecule has 0 saturated carbocycles. The van der Waals surface area contributed by atoms with Crippen LogP contribution in [0.4, 0.5) is 4.39 Å². The molecule has 1 aromatic heterocycles. The molecular formula is C21H21ClFN3O. The lowest BCUT2D eigenvalue weighted by molar-refractivity contribution is -0.129. The van der Waals surface area contributed by atoms with E-state index >= 15 is 0 Å². The van der Waals surface area contributed by atoms with Crippen LogP contribution >= 0.6 is 11.6 Å². The van der Waals surface area contributed by atoms with Crippen LogP contribution in [0, 0.1) is 19.7 Å². The molecule has 6 heteroatoms. The molecule has 0 fully saturated rings. The number of hydrogen-bond donors (Lipinski definition) is 0. The fourth-order valence-electron chi connectivity index (χ4n) is 3.04. The normalized spacial score (nSPS) is 10.9. The molecule has 3 aromatic rings. The second kappa shape index (κ2) is 7.92. The van der Waals surface area contributed by atoms with Crippen LogP contribution in [0.5, 0.6) is 0 Å². The van der Waals surface area contributed by atoms with E-state index in [1.54, 1.807) is 18.0 Å². The molecule has 0 atom stereocenters. The largest absolute Gasteiger partial charge is 0.341 e. The Kier molecular flexibility index (Phi) is 5.61. The molecular weight excluding hydrogens is 365 g/mol. The molecule has 0 N–H and O–H groups in total. The van der Waals surface area contributed by atoms with Gasteiger partial charge in [-0.15, -0.1) is 0 Å². The number of aromatic nitrogens is 2. The lowest BCUT2D eigenvalue weighted by Gasteiger charge is -2.18. The predicted molar refractivity (Wildman–Crippen MR) is 105 cm³/mol. The Morgan fingerprint density at radius 1 is 1.11 bits per heavy atom. The summed E-state index contributed by atoms with van der Waals surface area (Å²) in [6.07, 6.45) is -0.0765. The molecule has 0 aliphatic heterocycles. The van der Waals surface area contributed by atoms with Gasteiger partial charge in [-0.2, -0.15) is 5.10 Å². The van der Waals surface area contributed by atoms with E-state index in [1.165, 1.54) is 12.1 Å². The Labute approximate surface area is 163 Å². The van der Waals surface area contributed by atoms with Gasteiger partial charge in [0.05, 0.1) is 17.8 Å². The molecule has 1 amide bonds. The average Bonchev–Trinajstić information content (AvgIpc) is 2.93. The molecule has 0 bridgehead atoms. The molecule has 0 unspecified atom stereocenters. The first-order chi connectivity index (χ1) is 12.9. The number of benzene rings is 2. The molecule has 140 valence electrons. The summed E-state index contributed by atoms with van der Waals surface area (Å²) in [5.74, 6) is -0.665. The van der Waals surface area contributed by atoms with Gasteiger partial charge in [0.25, 0.3) is 0 Å². The SMILES string of the molecule is Cc1nn(-c2ccccc2)c(C)c1CN(C)C(=O)Cc1c(F)cccc1Cl. The predicted octanol–water partition coefficient (Wildman–Crippen LogP) is 4.48. The van der Waals surface area contributed by atoms with Crippen LogP contribution in [0.15, 0.2) is 48.5 Å². The van der Waals surface area contributed by atoms with Crippen molar-refractivity contribution < 1.29 is 9.18 Å². The molecule has 27 heavy (non-hydrogen) atoms. The van der Waals surface area contributed by atoms with Crippen LogP contribution in [-0.2, 0) is 17.8 Å². The second-order valence-electron chi connectivity index (χ2n) is 6.52.